The molecular formula is C16H13ClF3NO3. The second kappa shape index (κ2) is 7.00. The molecule has 2 aromatic carbocycles. The monoisotopic (exact) mass is 359 g/mol. The number of amides is 1. The first-order chi connectivity index (χ1) is 11.3. The average Bonchev–Trinajstić information content (AvgIpc) is 2.54. The summed E-state index contributed by atoms with van der Waals surface area (Å²) in [6, 6.07) is 6.79. The number of ether oxygens (including phenoxy) is 2. The standard InChI is InChI=1S/C16H13ClF3NO3/c1-23-13-8-14(24-2)12(7-11(13)17)21-15(22)9-3-5-10(6-4-9)16(18,19)20/h3-8H,1-2H3,(H,21,22). The smallest absolute Gasteiger partial charge is 0.416 e. The molecule has 2 aromatic rings. The predicted octanol–water partition coefficient (Wildman–Crippen LogP) is 4.63. The van der Waals surface area contributed by atoms with Crippen molar-refractivity contribution in [3.8, 4) is 11.5 Å². The Balaban J connectivity index is 2.25. The molecule has 0 saturated carbocycles. The van der Waals surface area contributed by atoms with Crippen LogP contribution in [0.2, 0.25) is 5.02 Å². The third-order valence-corrected chi connectivity index (χ3v) is 3.49. The molecule has 0 fully saturated rings. The Hall–Kier alpha value is -2.41. The summed E-state index contributed by atoms with van der Waals surface area (Å²) in [6.45, 7) is 0. The molecule has 0 radical (unpaired) electrons. The van der Waals surface area contributed by atoms with E-state index in [-0.39, 0.29) is 16.3 Å². The zero-order valence-electron chi connectivity index (χ0n) is 12.7. The van der Waals surface area contributed by atoms with Crippen LogP contribution in [0.3, 0.4) is 0 Å². The van der Waals surface area contributed by atoms with Crippen LogP contribution in [0.4, 0.5) is 18.9 Å². The first-order valence-electron chi connectivity index (χ1n) is 6.66. The van der Waals surface area contributed by atoms with Gasteiger partial charge in [-0.3, -0.25) is 4.79 Å². The Morgan fingerprint density at radius 2 is 1.62 bits per heavy atom. The fourth-order valence-electron chi connectivity index (χ4n) is 1.96. The van der Waals surface area contributed by atoms with E-state index in [1.807, 2.05) is 0 Å². The number of anilines is 1. The van der Waals surface area contributed by atoms with Crippen LogP contribution in [0, 0.1) is 0 Å². The fourth-order valence-corrected chi connectivity index (χ4v) is 2.20. The van der Waals surface area contributed by atoms with Crippen molar-refractivity contribution in [3.63, 3.8) is 0 Å². The molecule has 1 amide bonds. The Labute approximate surface area is 141 Å². The van der Waals surface area contributed by atoms with Crippen LogP contribution >= 0.6 is 11.6 Å². The molecule has 0 heterocycles. The largest absolute Gasteiger partial charge is 0.495 e. The van der Waals surface area contributed by atoms with Crippen molar-refractivity contribution in [2.45, 2.75) is 6.18 Å². The SMILES string of the molecule is COc1cc(OC)c(NC(=O)c2ccc(C(F)(F)F)cc2)cc1Cl. The lowest BCUT2D eigenvalue weighted by molar-refractivity contribution is -0.137. The fraction of sp³-hybridized carbons (Fsp3) is 0.188. The maximum atomic E-state index is 12.5. The van der Waals surface area contributed by atoms with Crippen LogP contribution in [0.5, 0.6) is 11.5 Å². The summed E-state index contributed by atoms with van der Waals surface area (Å²) < 4.78 is 47.8. The molecule has 24 heavy (non-hydrogen) atoms. The number of benzene rings is 2. The number of carbonyl (C=O) groups is 1. The zero-order chi connectivity index (χ0) is 17.9. The number of rotatable bonds is 4. The van der Waals surface area contributed by atoms with Gasteiger partial charge >= 0.3 is 6.18 Å². The summed E-state index contributed by atoms with van der Waals surface area (Å²) in [4.78, 5) is 12.2. The third-order valence-electron chi connectivity index (χ3n) is 3.20. The van der Waals surface area contributed by atoms with Crippen LogP contribution in [0.15, 0.2) is 36.4 Å². The van der Waals surface area contributed by atoms with E-state index in [9.17, 15) is 18.0 Å². The van der Waals surface area contributed by atoms with Crippen molar-refractivity contribution in [2.24, 2.45) is 0 Å². The van der Waals surface area contributed by atoms with Crippen molar-refractivity contribution < 1.29 is 27.4 Å². The number of carbonyl (C=O) groups excluding carboxylic acids is 1. The molecule has 0 atom stereocenters. The minimum Gasteiger partial charge on any atom is -0.495 e. The van der Waals surface area contributed by atoms with Crippen molar-refractivity contribution in [1.29, 1.82) is 0 Å². The van der Waals surface area contributed by atoms with E-state index in [0.29, 0.717) is 11.5 Å². The molecule has 2 rings (SSSR count). The molecule has 0 spiro atoms. The van der Waals surface area contributed by atoms with E-state index in [2.05, 4.69) is 5.32 Å². The summed E-state index contributed by atoms with van der Waals surface area (Å²) in [6.07, 6.45) is -4.46. The number of alkyl halides is 3. The van der Waals surface area contributed by atoms with Gasteiger partial charge in [0.2, 0.25) is 0 Å². The molecular weight excluding hydrogens is 347 g/mol. The molecule has 0 aliphatic heterocycles. The molecule has 128 valence electrons. The summed E-state index contributed by atoms with van der Waals surface area (Å²) >= 11 is 6.00. The normalized spacial score (nSPS) is 11.1. The van der Waals surface area contributed by atoms with Crippen molar-refractivity contribution in [2.75, 3.05) is 19.5 Å². The Morgan fingerprint density at radius 3 is 2.12 bits per heavy atom. The molecule has 1 N–H and O–H groups in total. The molecule has 0 aromatic heterocycles. The third kappa shape index (κ3) is 3.91. The van der Waals surface area contributed by atoms with Crippen molar-refractivity contribution >= 4 is 23.2 Å². The van der Waals surface area contributed by atoms with Gasteiger partial charge in [0, 0.05) is 11.6 Å². The van der Waals surface area contributed by atoms with E-state index in [1.165, 1.54) is 26.4 Å². The topological polar surface area (TPSA) is 47.6 Å². The van der Waals surface area contributed by atoms with Gasteiger partial charge in [0.1, 0.15) is 11.5 Å². The molecule has 0 unspecified atom stereocenters. The number of halogens is 4. The van der Waals surface area contributed by atoms with E-state index < -0.39 is 17.6 Å². The zero-order valence-corrected chi connectivity index (χ0v) is 13.5. The molecule has 8 heteroatoms. The quantitative estimate of drug-likeness (QED) is 0.866. The van der Waals surface area contributed by atoms with Gasteiger partial charge in [0.05, 0.1) is 30.5 Å². The van der Waals surface area contributed by atoms with Gasteiger partial charge in [-0.15, -0.1) is 0 Å². The van der Waals surface area contributed by atoms with Gasteiger partial charge < -0.3 is 14.8 Å². The highest BCUT2D eigenvalue weighted by molar-refractivity contribution is 6.32. The molecule has 0 aliphatic carbocycles. The summed E-state index contributed by atoms with van der Waals surface area (Å²) in [5.41, 5.74) is -0.491. The number of hydrogen-bond donors (Lipinski definition) is 1. The number of nitrogens with one attached hydrogen (secondary N) is 1. The second-order valence-corrected chi connectivity index (χ2v) is 5.12. The van der Waals surface area contributed by atoms with Crippen LogP contribution in [0.1, 0.15) is 15.9 Å². The lowest BCUT2D eigenvalue weighted by Crippen LogP contribution is -2.13. The van der Waals surface area contributed by atoms with E-state index in [4.69, 9.17) is 21.1 Å². The number of methoxy groups -OCH3 is 2. The summed E-state index contributed by atoms with van der Waals surface area (Å²) in [5, 5.41) is 2.79. The second-order valence-electron chi connectivity index (χ2n) is 4.72. The molecule has 0 bridgehead atoms. The maximum absolute atomic E-state index is 12.5. The highest BCUT2D eigenvalue weighted by Gasteiger charge is 2.30. The highest BCUT2D eigenvalue weighted by Crippen LogP contribution is 2.36. The average molecular weight is 360 g/mol. The maximum Gasteiger partial charge on any atom is 0.416 e. The van der Waals surface area contributed by atoms with Gasteiger partial charge in [0.25, 0.3) is 5.91 Å². The Bertz CT molecular complexity index is 745. The molecule has 0 aliphatic rings. The van der Waals surface area contributed by atoms with Gasteiger partial charge in [0.15, 0.2) is 0 Å². The highest BCUT2D eigenvalue weighted by atomic mass is 35.5. The first kappa shape index (κ1) is 17.9. The van der Waals surface area contributed by atoms with Crippen molar-refractivity contribution in [3.05, 3.63) is 52.5 Å². The van der Waals surface area contributed by atoms with E-state index >= 15 is 0 Å². The number of hydrogen-bond acceptors (Lipinski definition) is 3. The predicted molar refractivity (Wildman–Crippen MR) is 84.0 cm³/mol. The first-order valence-corrected chi connectivity index (χ1v) is 7.04. The Morgan fingerprint density at radius 1 is 1.04 bits per heavy atom. The molecule has 4 nitrogen and oxygen atoms in total. The van der Waals surface area contributed by atoms with Gasteiger partial charge in [-0.25, -0.2) is 0 Å². The van der Waals surface area contributed by atoms with Gasteiger partial charge in [-0.1, -0.05) is 11.6 Å². The van der Waals surface area contributed by atoms with Gasteiger partial charge in [-0.2, -0.15) is 13.2 Å². The minimum atomic E-state index is -4.46. The van der Waals surface area contributed by atoms with Crippen LogP contribution in [-0.4, -0.2) is 20.1 Å². The lowest BCUT2D eigenvalue weighted by atomic mass is 10.1. The van der Waals surface area contributed by atoms with Crippen LogP contribution in [0.25, 0.3) is 0 Å². The summed E-state index contributed by atoms with van der Waals surface area (Å²) in [5.74, 6) is 0.0702. The summed E-state index contributed by atoms with van der Waals surface area (Å²) in [7, 11) is 2.83. The van der Waals surface area contributed by atoms with E-state index in [1.54, 1.807) is 0 Å². The van der Waals surface area contributed by atoms with Crippen LogP contribution < -0.4 is 14.8 Å². The van der Waals surface area contributed by atoms with Gasteiger partial charge in [-0.05, 0) is 30.3 Å². The minimum absolute atomic E-state index is 0.0667. The van der Waals surface area contributed by atoms with Crippen LogP contribution in [-0.2, 0) is 6.18 Å². The molecule has 0 saturated heterocycles. The lowest BCUT2D eigenvalue weighted by Gasteiger charge is -2.13. The van der Waals surface area contributed by atoms with E-state index in [0.717, 1.165) is 24.3 Å². The van der Waals surface area contributed by atoms with Crippen molar-refractivity contribution in [1.82, 2.24) is 0 Å². The Kier molecular flexibility index (Phi) is 5.23.